The van der Waals surface area contributed by atoms with Gasteiger partial charge in [0.1, 0.15) is 0 Å². The summed E-state index contributed by atoms with van der Waals surface area (Å²) in [6.45, 7) is 0.898. The Labute approximate surface area is 126 Å². The summed E-state index contributed by atoms with van der Waals surface area (Å²) < 4.78 is 5.56. The quantitative estimate of drug-likeness (QED) is 0.840. The zero-order valence-electron chi connectivity index (χ0n) is 12.7. The van der Waals surface area contributed by atoms with Crippen molar-refractivity contribution < 1.29 is 14.6 Å². The zero-order chi connectivity index (χ0) is 15.1. The molecule has 1 aromatic rings. The lowest BCUT2D eigenvalue weighted by molar-refractivity contribution is -0.133. The molecule has 2 rings (SSSR count). The Balaban J connectivity index is 1.93. The lowest BCUT2D eigenvalue weighted by Gasteiger charge is -2.28. The van der Waals surface area contributed by atoms with Crippen molar-refractivity contribution in [1.82, 2.24) is 4.90 Å². The van der Waals surface area contributed by atoms with Crippen LogP contribution in [0.25, 0.3) is 0 Å². The highest BCUT2D eigenvalue weighted by Crippen LogP contribution is 2.24. The van der Waals surface area contributed by atoms with Crippen molar-refractivity contribution in [2.75, 3.05) is 20.3 Å². The number of rotatable bonds is 7. The third kappa shape index (κ3) is 4.55. The minimum absolute atomic E-state index is 0.0619. The maximum Gasteiger partial charge on any atom is 0.222 e. The Bertz CT molecular complexity index is 429. The second-order valence-electron chi connectivity index (χ2n) is 5.62. The van der Waals surface area contributed by atoms with Crippen LogP contribution >= 0.6 is 0 Å². The molecular formula is C17H25NO3. The van der Waals surface area contributed by atoms with Crippen molar-refractivity contribution in [3.8, 4) is 0 Å². The average molecular weight is 291 g/mol. The Morgan fingerprint density at radius 2 is 2.19 bits per heavy atom. The van der Waals surface area contributed by atoms with Gasteiger partial charge >= 0.3 is 0 Å². The highest BCUT2D eigenvalue weighted by atomic mass is 16.5. The summed E-state index contributed by atoms with van der Waals surface area (Å²) in [5.74, 6) is 0.118. The van der Waals surface area contributed by atoms with Gasteiger partial charge < -0.3 is 14.7 Å². The number of hydrogen-bond acceptors (Lipinski definition) is 3. The summed E-state index contributed by atoms with van der Waals surface area (Å²) in [6, 6.07) is 9.83. The van der Waals surface area contributed by atoms with E-state index in [4.69, 9.17) is 4.74 Å². The number of aliphatic hydroxyl groups excluding tert-OH is 1. The van der Waals surface area contributed by atoms with Crippen LogP contribution in [0, 0.1) is 0 Å². The summed E-state index contributed by atoms with van der Waals surface area (Å²) in [7, 11) is 1.82. The van der Waals surface area contributed by atoms with E-state index in [9.17, 15) is 9.90 Å². The fourth-order valence-corrected chi connectivity index (χ4v) is 2.89. The van der Waals surface area contributed by atoms with E-state index in [0.29, 0.717) is 12.8 Å². The van der Waals surface area contributed by atoms with Gasteiger partial charge in [-0.05, 0) is 31.2 Å². The molecule has 2 unspecified atom stereocenters. The van der Waals surface area contributed by atoms with Gasteiger partial charge in [0.2, 0.25) is 5.91 Å². The molecule has 4 heteroatoms. The van der Waals surface area contributed by atoms with Crippen molar-refractivity contribution in [3.63, 3.8) is 0 Å². The van der Waals surface area contributed by atoms with E-state index in [0.717, 1.165) is 31.4 Å². The van der Waals surface area contributed by atoms with Gasteiger partial charge in [-0.1, -0.05) is 30.3 Å². The molecule has 1 saturated heterocycles. The molecule has 0 aliphatic carbocycles. The number of ether oxygens (including phenoxy) is 1. The second kappa shape index (κ2) is 8.15. The smallest absolute Gasteiger partial charge is 0.222 e. The highest BCUT2D eigenvalue weighted by molar-refractivity contribution is 5.76. The first-order chi connectivity index (χ1) is 10.2. The first-order valence-electron chi connectivity index (χ1n) is 7.75. The fourth-order valence-electron chi connectivity index (χ4n) is 2.89. The Kier molecular flexibility index (Phi) is 6.21. The van der Waals surface area contributed by atoms with Crippen LogP contribution in [0.4, 0.5) is 0 Å². The first-order valence-corrected chi connectivity index (χ1v) is 7.75. The topological polar surface area (TPSA) is 49.8 Å². The van der Waals surface area contributed by atoms with Gasteiger partial charge in [-0.15, -0.1) is 0 Å². The van der Waals surface area contributed by atoms with E-state index >= 15 is 0 Å². The Morgan fingerprint density at radius 1 is 1.43 bits per heavy atom. The first kappa shape index (κ1) is 16.0. The van der Waals surface area contributed by atoms with Crippen LogP contribution in [0.1, 0.15) is 43.7 Å². The third-order valence-electron chi connectivity index (χ3n) is 4.15. The summed E-state index contributed by atoms with van der Waals surface area (Å²) >= 11 is 0. The predicted octanol–water partition coefficient (Wildman–Crippen LogP) is 2.53. The van der Waals surface area contributed by atoms with Crippen LogP contribution in [0.3, 0.4) is 0 Å². The van der Waals surface area contributed by atoms with Crippen LogP contribution < -0.4 is 0 Å². The largest absolute Gasteiger partial charge is 0.396 e. The predicted molar refractivity (Wildman–Crippen MR) is 81.9 cm³/mol. The lowest BCUT2D eigenvalue weighted by atomic mass is 10.0. The van der Waals surface area contributed by atoms with Crippen LogP contribution in [-0.4, -0.2) is 42.3 Å². The summed E-state index contributed by atoms with van der Waals surface area (Å²) in [6.07, 6.45) is 4.28. The van der Waals surface area contributed by atoms with Crippen LogP contribution in [0.15, 0.2) is 30.3 Å². The molecule has 0 radical (unpaired) electrons. The number of carbonyl (C=O) groups is 1. The molecule has 4 nitrogen and oxygen atoms in total. The minimum atomic E-state index is -0.0619. The second-order valence-corrected chi connectivity index (χ2v) is 5.62. The molecule has 1 amide bonds. The molecule has 1 fully saturated rings. The van der Waals surface area contributed by atoms with Gasteiger partial charge in [0.25, 0.3) is 0 Å². The molecule has 21 heavy (non-hydrogen) atoms. The molecule has 0 saturated carbocycles. The molecule has 1 heterocycles. The Hall–Kier alpha value is -1.39. The Morgan fingerprint density at radius 3 is 2.81 bits per heavy atom. The molecule has 0 aromatic heterocycles. The van der Waals surface area contributed by atoms with Crippen molar-refractivity contribution in [2.45, 2.75) is 44.2 Å². The number of aliphatic hydroxyl groups is 1. The summed E-state index contributed by atoms with van der Waals surface area (Å²) in [5, 5.41) is 9.27. The van der Waals surface area contributed by atoms with E-state index in [1.165, 1.54) is 0 Å². The number of hydrogen-bond donors (Lipinski definition) is 1. The number of nitrogens with zero attached hydrogens (tertiary/aromatic N) is 1. The van der Waals surface area contributed by atoms with Gasteiger partial charge in [0.15, 0.2) is 0 Å². The highest BCUT2D eigenvalue weighted by Gasteiger charge is 2.23. The van der Waals surface area contributed by atoms with Gasteiger partial charge in [-0.3, -0.25) is 4.79 Å². The summed E-state index contributed by atoms with van der Waals surface area (Å²) in [4.78, 5) is 14.1. The molecule has 0 spiro atoms. The van der Waals surface area contributed by atoms with E-state index < -0.39 is 0 Å². The number of amides is 1. The van der Waals surface area contributed by atoms with E-state index in [-0.39, 0.29) is 24.7 Å². The molecule has 0 bridgehead atoms. The molecular weight excluding hydrogens is 266 g/mol. The molecule has 1 aliphatic rings. The van der Waals surface area contributed by atoms with Gasteiger partial charge in [-0.25, -0.2) is 0 Å². The molecule has 1 aliphatic heterocycles. The summed E-state index contributed by atoms with van der Waals surface area (Å²) in [5.41, 5.74) is 1.07. The SMILES string of the molecule is CN(C(=O)CCC1CCCO1)C(CCO)c1ccccc1. The van der Waals surface area contributed by atoms with Gasteiger partial charge in [-0.2, -0.15) is 0 Å². The molecule has 1 N–H and O–H groups in total. The standard InChI is InChI=1S/C17H25NO3/c1-18(17(20)10-9-15-8-5-13-21-15)16(11-12-19)14-6-3-2-4-7-14/h2-4,6-7,15-16,19H,5,8-13H2,1H3. The normalized spacial score (nSPS) is 19.4. The average Bonchev–Trinajstić information content (AvgIpc) is 3.04. The molecule has 1 aromatic carbocycles. The zero-order valence-corrected chi connectivity index (χ0v) is 12.7. The maximum absolute atomic E-state index is 12.4. The van der Waals surface area contributed by atoms with E-state index in [1.54, 1.807) is 4.90 Å². The van der Waals surface area contributed by atoms with Crippen molar-refractivity contribution in [1.29, 1.82) is 0 Å². The fraction of sp³-hybridized carbons (Fsp3) is 0.588. The number of benzene rings is 1. The number of carbonyl (C=O) groups excluding carboxylic acids is 1. The van der Waals surface area contributed by atoms with E-state index in [1.807, 2.05) is 37.4 Å². The van der Waals surface area contributed by atoms with Gasteiger partial charge in [0.05, 0.1) is 12.1 Å². The molecule has 116 valence electrons. The third-order valence-corrected chi connectivity index (χ3v) is 4.15. The van der Waals surface area contributed by atoms with Crippen LogP contribution in [0.5, 0.6) is 0 Å². The van der Waals surface area contributed by atoms with Crippen LogP contribution in [-0.2, 0) is 9.53 Å². The van der Waals surface area contributed by atoms with Gasteiger partial charge in [0, 0.05) is 26.7 Å². The minimum Gasteiger partial charge on any atom is -0.396 e. The monoisotopic (exact) mass is 291 g/mol. The van der Waals surface area contributed by atoms with Crippen LogP contribution in [0.2, 0.25) is 0 Å². The van der Waals surface area contributed by atoms with Crippen molar-refractivity contribution in [3.05, 3.63) is 35.9 Å². The van der Waals surface area contributed by atoms with Crippen molar-refractivity contribution >= 4 is 5.91 Å². The maximum atomic E-state index is 12.4. The van der Waals surface area contributed by atoms with Crippen molar-refractivity contribution in [2.24, 2.45) is 0 Å². The van der Waals surface area contributed by atoms with E-state index in [2.05, 4.69) is 0 Å². The lowest BCUT2D eigenvalue weighted by Crippen LogP contribution is -2.32. The molecule has 2 atom stereocenters.